The molecule has 0 aliphatic carbocycles. The Bertz CT molecular complexity index is 651. The highest BCUT2D eigenvalue weighted by molar-refractivity contribution is 7.86. The SMILES string of the molecule is N#Cc1ccc(F)cc1CC(=O)C1CC2CCCC(C1)S2=O. The summed E-state index contributed by atoms with van der Waals surface area (Å²) in [7, 11) is -0.794. The fraction of sp³-hybridized carbons (Fsp3) is 0.529. The number of hydrogen-bond acceptors (Lipinski definition) is 3. The first-order chi connectivity index (χ1) is 10.6. The van der Waals surface area contributed by atoms with E-state index >= 15 is 0 Å². The van der Waals surface area contributed by atoms with Crippen LogP contribution in [0.2, 0.25) is 0 Å². The predicted molar refractivity (Wildman–Crippen MR) is 82.1 cm³/mol. The van der Waals surface area contributed by atoms with Crippen LogP contribution in [0.1, 0.15) is 43.2 Å². The molecule has 1 aromatic rings. The molecule has 2 fully saturated rings. The second-order valence-electron chi connectivity index (χ2n) is 6.23. The standard InChI is InChI=1S/C17H18FNO2S/c18-14-5-4-11(10-19)12(6-14)9-17(20)13-7-15-2-1-3-16(8-13)22(15)21/h4-6,13,15-16H,1-3,7-9H2. The Labute approximate surface area is 132 Å². The van der Waals surface area contributed by atoms with E-state index in [9.17, 15) is 13.4 Å². The lowest BCUT2D eigenvalue weighted by molar-refractivity contribution is -0.122. The number of Topliss-reactive ketones (excluding diaryl/α,β-unsaturated/α-hetero) is 1. The molecule has 2 aliphatic rings. The molecule has 2 atom stereocenters. The molecule has 0 amide bonds. The summed E-state index contributed by atoms with van der Waals surface area (Å²) in [4.78, 5) is 12.6. The van der Waals surface area contributed by atoms with Crippen molar-refractivity contribution in [1.82, 2.24) is 0 Å². The van der Waals surface area contributed by atoms with E-state index in [-0.39, 0.29) is 28.6 Å². The lowest BCUT2D eigenvalue weighted by atomic mass is 9.84. The van der Waals surface area contributed by atoms with Gasteiger partial charge in [-0.05, 0) is 49.4 Å². The summed E-state index contributed by atoms with van der Waals surface area (Å²) in [6, 6.07) is 5.94. The number of nitrogens with zero attached hydrogens (tertiary/aromatic N) is 1. The minimum absolute atomic E-state index is 0.0516. The Morgan fingerprint density at radius 3 is 2.64 bits per heavy atom. The fourth-order valence-electron chi connectivity index (χ4n) is 3.65. The van der Waals surface area contributed by atoms with E-state index in [1.54, 1.807) is 0 Å². The van der Waals surface area contributed by atoms with Gasteiger partial charge in [0, 0.05) is 33.6 Å². The van der Waals surface area contributed by atoms with Gasteiger partial charge in [-0.25, -0.2) is 4.39 Å². The van der Waals surface area contributed by atoms with Gasteiger partial charge in [-0.2, -0.15) is 5.26 Å². The lowest BCUT2D eigenvalue weighted by Crippen LogP contribution is -2.41. The first kappa shape index (κ1) is 15.4. The van der Waals surface area contributed by atoms with Crippen LogP contribution in [0.5, 0.6) is 0 Å². The molecule has 3 nitrogen and oxygen atoms in total. The molecule has 0 radical (unpaired) electrons. The maximum absolute atomic E-state index is 13.4. The molecule has 0 aromatic heterocycles. The summed E-state index contributed by atoms with van der Waals surface area (Å²) in [5, 5.41) is 9.36. The maximum Gasteiger partial charge on any atom is 0.140 e. The molecule has 116 valence electrons. The first-order valence-corrected chi connectivity index (χ1v) is 8.96. The van der Waals surface area contributed by atoms with Crippen LogP contribution in [0, 0.1) is 23.1 Å². The first-order valence-electron chi connectivity index (χ1n) is 7.69. The third kappa shape index (κ3) is 2.98. The zero-order chi connectivity index (χ0) is 15.7. The average Bonchev–Trinajstić information content (AvgIpc) is 2.47. The van der Waals surface area contributed by atoms with Crippen LogP contribution in [0.4, 0.5) is 4.39 Å². The number of benzene rings is 1. The van der Waals surface area contributed by atoms with Crippen LogP contribution in [0.25, 0.3) is 0 Å². The zero-order valence-corrected chi connectivity index (χ0v) is 13.1. The molecule has 0 saturated carbocycles. The highest BCUT2D eigenvalue weighted by Crippen LogP contribution is 2.37. The van der Waals surface area contributed by atoms with Crippen LogP contribution in [-0.2, 0) is 22.0 Å². The average molecular weight is 319 g/mol. The highest BCUT2D eigenvalue weighted by atomic mass is 32.2. The van der Waals surface area contributed by atoms with Gasteiger partial charge < -0.3 is 0 Å². The van der Waals surface area contributed by atoms with Crippen molar-refractivity contribution in [1.29, 1.82) is 5.26 Å². The molecule has 22 heavy (non-hydrogen) atoms. The third-order valence-electron chi connectivity index (χ3n) is 4.81. The van der Waals surface area contributed by atoms with Crippen LogP contribution in [-0.4, -0.2) is 20.5 Å². The smallest absolute Gasteiger partial charge is 0.140 e. The summed E-state index contributed by atoms with van der Waals surface area (Å²) in [5.74, 6) is -0.470. The van der Waals surface area contributed by atoms with Crippen LogP contribution in [0.15, 0.2) is 18.2 Å². The van der Waals surface area contributed by atoms with Gasteiger partial charge in [-0.1, -0.05) is 6.42 Å². The Morgan fingerprint density at radius 2 is 2.00 bits per heavy atom. The van der Waals surface area contributed by atoms with Gasteiger partial charge in [0.15, 0.2) is 0 Å². The summed E-state index contributed by atoms with van der Waals surface area (Å²) < 4.78 is 25.5. The number of carbonyl (C=O) groups is 1. The number of hydrogen-bond donors (Lipinski definition) is 0. The van der Waals surface area contributed by atoms with Gasteiger partial charge in [0.25, 0.3) is 0 Å². The topological polar surface area (TPSA) is 57.9 Å². The molecule has 2 saturated heterocycles. The van der Waals surface area contributed by atoms with E-state index in [1.807, 2.05) is 6.07 Å². The number of nitriles is 1. The van der Waals surface area contributed by atoms with Gasteiger partial charge in [0.1, 0.15) is 11.6 Å². The Balaban J connectivity index is 1.74. The molecular formula is C17H18FNO2S. The van der Waals surface area contributed by atoms with E-state index < -0.39 is 16.6 Å². The number of ketones is 1. The number of carbonyl (C=O) groups excluding carboxylic acids is 1. The Morgan fingerprint density at radius 1 is 1.32 bits per heavy atom. The van der Waals surface area contributed by atoms with Gasteiger partial charge in [0.2, 0.25) is 0 Å². The highest BCUT2D eigenvalue weighted by Gasteiger charge is 2.40. The van der Waals surface area contributed by atoms with Gasteiger partial charge >= 0.3 is 0 Å². The molecular weight excluding hydrogens is 301 g/mol. The van der Waals surface area contributed by atoms with Crippen molar-refractivity contribution in [2.75, 3.05) is 0 Å². The summed E-state index contributed by atoms with van der Waals surface area (Å²) in [6.45, 7) is 0. The van der Waals surface area contributed by atoms with E-state index in [4.69, 9.17) is 5.26 Å². The minimum Gasteiger partial charge on any atom is -0.299 e. The van der Waals surface area contributed by atoms with Crippen LogP contribution >= 0.6 is 0 Å². The van der Waals surface area contributed by atoms with E-state index in [0.29, 0.717) is 24.0 Å². The van der Waals surface area contributed by atoms with Crippen molar-refractivity contribution >= 4 is 16.6 Å². The van der Waals surface area contributed by atoms with Crippen molar-refractivity contribution in [3.63, 3.8) is 0 Å². The van der Waals surface area contributed by atoms with Crippen molar-refractivity contribution in [2.24, 2.45) is 5.92 Å². The number of fused-ring (bicyclic) bond motifs is 2. The maximum atomic E-state index is 13.4. The molecule has 0 N–H and O–H groups in total. The molecule has 0 spiro atoms. The summed E-state index contributed by atoms with van der Waals surface area (Å²) in [6.07, 6.45) is 4.44. The summed E-state index contributed by atoms with van der Waals surface area (Å²) >= 11 is 0. The van der Waals surface area contributed by atoms with E-state index in [1.165, 1.54) is 18.2 Å². The number of rotatable bonds is 3. The summed E-state index contributed by atoms with van der Waals surface area (Å²) in [5.41, 5.74) is 0.818. The van der Waals surface area contributed by atoms with E-state index in [0.717, 1.165) is 19.3 Å². The molecule has 1 aromatic carbocycles. The Kier molecular flexibility index (Phi) is 4.39. The van der Waals surface area contributed by atoms with Crippen LogP contribution in [0.3, 0.4) is 0 Å². The van der Waals surface area contributed by atoms with Gasteiger partial charge in [0.05, 0.1) is 11.6 Å². The quantitative estimate of drug-likeness (QED) is 0.861. The number of halogens is 1. The van der Waals surface area contributed by atoms with E-state index in [2.05, 4.69) is 0 Å². The minimum atomic E-state index is -0.794. The molecule has 2 bridgehead atoms. The monoisotopic (exact) mass is 319 g/mol. The second kappa shape index (κ2) is 6.29. The van der Waals surface area contributed by atoms with Crippen molar-refractivity contribution < 1.29 is 13.4 Å². The molecule has 5 heteroatoms. The third-order valence-corrected chi connectivity index (χ3v) is 6.98. The van der Waals surface area contributed by atoms with Gasteiger partial charge in [-0.3, -0.25) is 9.00 Å². The second-order valence-corrected chi connectivity index (χ2v) is 8.22. The Hall–Kier alpha value is -1.54. The van der Waals surface area contributed by atoms with Crippen molar-refractivity contribution in [2.45, 2.75) is 49.0 Å². The van der Waals surface area contributed by atoms with Crippen molar-refractivity contribution in [3.05, 3.63) is 35.1 Å². The zero-order valence-electron chi connectivity index (χ0n) is 12.3. The predicted octanol–water partition coefficient (Wildman–Crippen LogP) is 2.89. The molecule has 2 heterocycles. The van der Waals surface area contributed by atoms with Crippen LogP contribution < -0.4 is 0 Å². The fourth-order valence-corrected chi connectivity index (χ4v) is 5.83. The molecule has 2 unspecified atom stereocenters. The van der Waals surface area contributed by atoms with Crippen molar-refractivity contribution in [3.8, 4) is 6.07 Å². The lowest BCUT2D eigenvalue weighted by Gasteiger charge is -2.37. The largest absolute Gasteiger partial charge is 0.299 e. The molecule has 3 rings (SSSR count). The normalized spacial score (nSPS) is 30.5. The van der Waals surface area contributed by atoms with Gasteiger partial charge in [-0.15, -0.1) is 0 Å². The molecule has 2 aliphatic heterocycles.